The number of carbonyl (C=O) groups excluding carboxylic acids is 1. The van der Waals surface area contributed by atoms with Crippen LogP contribution in [-0.2, 0) is 15.4 Å². The molecule has 2 fully saturated rings. The van der Waals surface area contributed by atoms with Gasteiger partial charge in [0.1, 0.15) is 11.8 Å². The maximum Gasteiger partial charge on any atom is 0.270 e. The van der Waals surface area contributed by atoms with Crippen molar-refractivity contribution in [1.29, 1.82) is 0 Å². The fourth-order valence-electron chi connectivity index (χ4n) is 4.69. The lowest BCUT2D eigenvalue weighted by Crippen LogP contribution is -2.37. The van der Waals surface area contributed by atoms with Crippen molar-refractivity contribution in [2.75, 3.05) is 49.7 Å². The van der Waals surface area contributed by atoms with Gasteiger partial charge in [-0.05, 0) is 31.2 Å². The van der Waals surface area contributed by atoms with Crippen LogP contribution >= 0.6 is 0 Å². The Bertz CT molecular complexity index is 1320. The summed E-state index contributed by atoms with van der Waals surface area (Å²) in [6.07, 6.45) is 4.98. The van der Waals surface area contributed by atoms with Crippen LogP contribution in [0.25, 0.3) is 11.1 Å². The van der Waals surface area contributed by atoms with Gasteiger partial charge in [-0.3, -0.25) is 9.78 Å². The fourth-order valence-corrected chi connectivity index (χ4v) is 4.69. The summed E-state index contributed by atoms with van der Waals surface area (Å²) < 4.78 is 44.9. The highest BCUT2D eigenvalue weighted by Gasteiger charge is 2.25. The lowest BCUT2D eigenvalue weighted by atomic mass is 10.0. The molecule has 2 saturated heterocycles. The molecule has 0 radical (unpaired) electrons. The van der Waals surface area contributed by atoms with E-state index in [0.717, 1.165) is 55.4 Å². The number of benzene rings is 1. The van der Waals surface area contributed by atoms with E-state index >= 15 is 0 Å². The van der Waals surface area contributed by atoms with Gasteiger partial charge in [0.15, 0.2) is 0 Å². The first kappa shape index (κ1) is 27.0. The molecule has 1 amide bonds. The maximum atomic E-state index is 13.8. The summed E-state index contributed by atoms with van der Waals surface area (Å²) in [6.45, 7) is 6.71. The average Bonchev–Trinajstić information content (AvgIpc) is 2.95. The van der Waals surface area contributed by atoms with Gasteiger partial charge in [-0.25, -0.2) is 13.8 Å². The van der Waals surface area contributed by atoms with Gasteiger partial charge in [0.05, 0.1) is 38.3 Å². The van der Waals surface area contributed by atoms with Crippen LogP contribution in [0.15, 0.2) is 48.8 Å². The highest BCUT2D eigenvalue weighted by molar-refractivity contribution is 6.04. The molecule has 2 aliphatic rings. The first-order valence-corrected chi connectivity index (χ1v) is 13.1. The topological polar surface area (TPSA) is 85.8 Å². The predicted molar refractivity (Wildman–Crippen MR) is 144 cm³/mol. The van der Waals surface area contributed by atoms with Gasteiger partial charge >= 0.3 is 0 Å². The number of nitrogens with one attached hydrogen (secondary N) is 1. The zero-order valence-electron chi connectivity index (χ0n) is 22.1. The zero-order chi connectivity index (χ0) is 27.4. The summed E-state index contributed by atoms with van der Waals surface area (Å²) in [4.78, 5) is 24.3. The summed E-state index contributed by atoms with van der Waals surface area (Å²) in [5.41, 5.74) is 3.63. The quantitative estimate of drug-likeness (QED) is 0.442. The first-order chi connectivity index (χ1) is 18.8. The third-order valence-electron chi connectivity index (χ3n) is 6.92. The molecule has 10 heteroatoms. The summed E-state index contributed by atoms with van der Waals surface area (Å²) in [6, 6.07) is 9.31. The molecule has 0 atom stereocenters. The summed E-state index contributed by atoms with van der Waals surface area (Å²) >= 11 is 0. The lowest BCUT2D eigenvalue weighted by molar-refractivity contribution is 0.0174. The van der Waals surface area contributed by atoms with Gasteiger partial charge in [0.25, 0.3) is 11.8 Å². The van der Waals surface area contributed by atoms with Crippen LogP contribution in [-0.4, -0.2) is 61.5 Å². The number of pyridine rings is 2. The second kappa shape index (κ2) is 11.6. The van der Waals surface area contributed by atoms with Crippen molar-refractivity contribution in [3.05, 3.63) is 65.6 Å². The number of hydrogen-bond donors (Lipinski definition) is 1. The molecular weight excluding hydrogens is 506 g/mol. The van der Waals surface area contributed by atoms with Crippen molar-refractivity contribution in [2.24, 2.45) is 0 Å². The SMILES string of the molecule is Cc1ncc(NC(=O)c2cccc(C(C)(F)F)c2)cc1-c1cnc(OC2CCOCC2)c(N2CCOCC2)c1. The molecule has 1 aromatic carbocycles. The van der Waals surface area contributed by atoms with Gasteiger partial charge in [-0.15, -0.1) is 0 Å². The minimum atomic E-state index is -3.04. The third kappa shape index (κ3) is 6.51. The number of aromatic nitrogens is 2. The number of amides is 1. The fraction of sp³-hybridized carbons (Fsp3) is 0.414. The number of aryl methyl sites for hydroxylation is 1. The molecule has 0 bridgehead atoms. The van der Waals surface area contributed by atoms with Gasteiger partial charge in [-0.2, -0.15) is 0 Å². The number of morpholine rings is 1. The van der Waals surface area contributed by atoms with Crippen molar-refractivity contribution >= 4 is 17.3 Å². The minimum absolute atomic E-state index is 0.0463. The van der Waals surface area contributed by atoms with E-state index in [4.69, 9.17) is 19.2 Å². The number of rotatable bonds is 7. The van der Waals surface area contributed by atoms with Crippen molar-refractivity contribution < 1.29 is 27.8 Å². The molecule has 4 heterocycles. The molecule has 8 nitrogen and oxygen atoms in total. The van der Waals surface area contributed by atoms with Gasteiger partial charge in [0, 0.05) is 67.0 Å². The molecule has 39 heavy (non-hydrogen) atoms. The monoisotopic (exact) mass is 538 g/mol. The zero-order valence-corrected chi connectivity index (χ0v) is 22.1. The van der Waals surface area contributed by atoms with E-state index in [1.54, 1.807) is 12.4 Å². The smallest absolute Gasteiger partial charge is 0.270 e. The Balaban J connectivity index is 1.42. The van der Waals surface area contributed by atoms with E-state index in [0.29, 0.717) is 38.0 Å². The molecular formula is C29H32F2N4O4. The Morgan fingerprint density at radius 3 is 2.54 bits per heavy atom. The Hall–Kier alpha value is -3.63. The van der Waals surface area contributed by atoms with Crippen LogP contribution < -0.4 is 15.0 Å². The molecule has 206 valence electrons. The molecule has 2 aromatic heterocycles. The van der Waals surface area contributed by atoms with Gasteiger partial charge in [0.2, 0.25) is 5.88 Å². The third-order valence-corrected chi connectivity index (χ3v) is 6.92. The van der Waals surface area contributed by atoms with Crippen LogP contribution in [0, 0.1) is 6.92 Å². The highest BCUT2D eigenvalue weighted by Crippen LogP contribution is 2.35. The lowest BCUT2D eigenvalue weighted by Gasteiger charge is -2.31. The number of anilines is 2. The number of halogens is 2. The van der Waals surface area contributed by atoms with E-state index in [1.807, 2.05) is 19.1 Å². The average molecular weight is 539 g/mol. The molecule has 1 N–H and O–H groups in total. The van der Waals surface area contributed by atoms with E-state index in [2.05, 4.69) is 15.2 Å². The largest absolute Gasteiger partial charge is 0.473 e. The number of alkyl halides is 2. The Morgan fingerprint density at radius 1 is 1.05 bits per heavy atom. The molecule has 2 aliphatic heterocycles. The van der Waals surface area contributed by atoms with Crippen LogP contribution in [0.5, 0.6) is 5.88 Å². The van der Waals surface area contributed by atoms with Crippen LogP contribution in [0.3, 0.4) is 0 Å². The second-order valence-corrected chi connectivity index (χ2v) is 9.86. The Labute approximate surface area is 226 Å². The molecule has 0 saturated carbocycles. The number of nitrogens with zero attached hydrogens (tertiary/aromatic N) is 3. The molecule has 5 rings (SSSR count). The highest BCUT2D eigenvalue weighted by atomic mass is 19.3. The van der Waals surface area contributed by atoms with E-state index < -0.39 is 11.8 Å². The standard InChI is InChI=1S/C29H32F2N4O4/c1-19-25(16-23(18-32-19)34-27(36)20-4-3-5-22(14-20)29(2,30)31)21-15-26(35-8-12-38-13-9-35)28(33-17-21)39-24-6-10-37-11-7-24/h3-5,14-18,24H,6-13H2,1-2H3,(H,34,36). The number of hydrogen-bond acceptors (Lipinski definition) is 7. The Kier molecular flexibility index (Phi) is 8.04. The van der Waals surface area contributed by atoms with E-state index in [9.17, 15) is 13.6 Å². The summed E-state index contributed by atoms with van der Waals surface area (Å²) in [5, 5.41) is 2.79. The predicted octanol–water partition coefficient (Wildman–Crippen LogP) is 5.21. The second-order valence-electron chi connectivity index (χ2n) is 9.86. The minimum Gasteiger partial charge on any atom is -0.473 e. The van der Waals surface area contributed by atoms with Crippen LogP contribution in [0.1, 0.15) is 41.4 Å². The summed E-state index contributed by atoms with van der Waals surface area (Å²) in [5.74, 6) is -2.96. The van der Waals surface area contributed by atoms with Gasteiger partial charge in [-0.1, -0.05) is 12.1 Å². The summed E-state index contributed by atoms with van der Waals surface area (Å²) in [7, 11) is 0. The normalized spacial score (nSPS) is 16.7. The molecule has 3 aromatic rings. The maximum absolute atomic E-state index is 13.8. The number of ether oxygens (including phenoxy) is 3. The van der Waals surface area contributed by atoms with Crippen molar-refractivity contribution in [3.8, 4) is 17.0 Å². The van der Waals surface area contributed by atoms with Gasteiger partial charge < -0.3 is 24.4 Å². The van der Waals surface area contributed by atoms with E-state index in [1.165, 1.54) is 24.3 Å². The van der Waals surface area contributed by atoms with Crippen molar-refractivity contribution in [1.82, 2.24) is 9.97 Å². The Morgan fingerprint density at radius 2 is 1.79 bits per heavy atom. The molecule has 0 aliphatic carbocycles. The van der Waals surface area contributed by atoms with Crippen molar-refractivity contribution in [2.45, 2.75) is 38.7 Å². The van der Waals surface area contributed by atoms with Crippen LogP contribution in [0.2, 0.25) is 0 Å². The van der Waals surface area contributed by atoms with Crippen LogP contribution in [0.4, 0.5) is 20.2 Å². The van der Waals surface area contributed by atoms with E-state index in [-0.39, 0.29) is 17.2 Å². The van der Waals surface area contributed by atoms with Crippen molar-refractivity contribution in [3.63, 3.8) is 0 Å². The first-order valence-electron chi connectivity index (χ1n) is 13.1. The molecule has 0 spiro atoms. The molecule has 0 unspecified atom stereocenters. The number of carbonyl (C=O) groups is 1.